The summed E-state index contributed by atoms with van der Waals surface area (Å²) >= 11 is 0. The highest BCUT2D eigenvalue weighted by molar-refractivity contribution is 7.87. The van der Waals surface area contributed by atoms with Crippen molar-refractivity contribution in [2.45, 2.75) is 66.2 Å². The maximum atomic E-state index is 14.3. The number of fused-ring (bicyclic) bond motifs is 7. The van der Waals surface area contributed by atoms with Crippen LogP contribution in [0.2, 0.25) is 0 Å². The third kappa shape index (κ3) is 5.71. The van der Waals surface area contributed by atoms with Gasteiger partial charge in [-0.25, -0.2) is 4.98 Å². The Labute approximate surface area is 350 Å². The highest BCUT2D eigenvalue weighted by Gasteiger charge is 2.67. The highest BCUT2D eigenvalue weighted by Crippen LogP contribution is 2.65. The van der Waals surface area contributed by atoms with Gasteiger partial charge in [-0.1, -0.05) is 113 Å². The normalized spacial score (nSPS) is 25.5. The molecule has 6 aromatic rings. The van der Waals surface area contributed by atoms with Gasteiger partial charge < -0.3 is 8.37 Å². The van der Waals surface area contributed by atoms with Crippen molar-refractivity contribution < 1.29 is 34.8 Å². The van der Waals surface area contributed by atoms with Crippen LogP contribution in [0.15, 0.2) is 103 Å². The van der Waals surface area contributed by atoms with Crippen molar-refractivity contribution >= 4 is 64.1 Å². The smallest absolute Gasteiger partial charge is 0.310 e. The van der Waals surface area contributed by atoms with Gasteiger partial charge in [0.15, 0.2) is 11.5 Å². The fraction of sp³-hybridized carbons (Fsp3) is 0.367. The molecule has 4 fully saturated rings. The van der Waals surface area contributed by atoms with Crippen LogP contribution in [0.1, 0.15) is 66.2 Å². The molecule has 1 aromatic heterocycles. The van der Waals surface area contributed by atoms with Gasteiger partial charge >= 0.3 is 20.2 Å². The van der Waals surface area contributed by atoms with E-state index in [0.717, 1.165) is 34.4 Å². The van der Waals surface area contributed by atoms with Crippen LogP contribution >= 0.6 is 0 Å². The molecular formula is C49H47NO8S2. The Morgan fingerprint density at radius 3 is 1.47 bits per heavy atom. The molecule has 0 aliphatic heterocycles. The Kier molecular flexibility index (Phi) is 8.58. The summed E-state index contributed by atoms with van der Waals surface area (Å²) in [7, 11) is -8.63. The van der Waals surface area contributed by atoms with E-state index < -0.39 is 53.4 Å². The second-order valence-corrected chi connectivity index (χ2v) is 21.9. The molecule has 0 saturated heterocycles. The van der Waals surface area contributed by atoms with E-state index in [9.17, 15) is 26.4 Å². The molecule has 0 radical (unpaired) electrons. The number of ketones is 2. The minimum absolute atomic E-state index is 0.0174. The van der Waals surface area contributed by atoms with E-state index >= 15 is 0 Å². The van der Waals surface area contributed by atoms with E-state index in [1.807, 2.05) is 119 Å². The Hall–Kier alpha value is -5.13. The minimum Gasteiger partial charge on any atom is -0.382 e. The van der Waals surface area contributed by atoms with E-state index in [1.165, 1.54) is 0 Å². The van der Waals surface area contributed by atoms with Crippen LogP contribution in [0.4, 0.5) is 0 Å². The number of aromatic nitrogens is 1. The molecule has 4 bridgehead atoms. The Morgan fingerprint density at radius 1 is 0.567 bits per heavy atom. The van der Waals surface area contributed by atoms with Gasteiger partial charge in [-0.15, -0.1) is 0 Å². The fourth-order valence-electron chi connectivity index (χ4n) is 11.8. The van der Waals surface area contributed by atoms with Crippen LogP contribution in [-0.2, 0) is 29.8 Å². The third-order valence-corrected chi connectivity index (χ3v) is 18.1. The summed E-state index contributed by atoms with van der Waals surface area (Å²) in [5.41, 5.74) is -1.29. The number of hydrogen-bond acceptors (Lipinski definition) is 9. The number of benzene rings is 5. The summed E-state index contributed by atoms with van der Waals surface area (Å²) in [6.45, 7) is 8.01. The molecule has 60 heavy (non-hydrogen) atoms. The molecule has 5 aromatic carbocycles. The lowest BCUT2D eigenvalue weighted by Crippen LogP contribution is -2.43. The van der Waals surface area contributed by atoms with Gasteiger partial charge in [0.05, 0.1) is 44.9 Å². The molecule has 0 spiro atoms. The fourth-order valence-corrected chi connectivity index (χ4v) is 15.3. The molecule has 0 amide bonds. The lowest BCUT2D eigenvalue weighted by atomic mass is 9.70. The molecular weight excluding hydrogens is 795 g/mol. The predicted octanol–water partition coefficient (Wildman–Crippen LogP) is 10.1. The molecule has 4 atom stereocenters. The minimum atomic E-state index is -4.32. The molecule has 1 heterocycles. The monoisotopic (exact) mass is 841 g/mol. The van der Waals surface area contributed by atoms with Crippen molar-refractivity contribution in [3.63, 3.8) is 0 Å². The van der Waals surface area contributed by atoms with E-state index in [0.29, 0.717) is 59.0 Å². The average Bonchev–Trinajstić information content (AvgIpc) is 3.73. The number of carbonyl (C=O) groups excluding carboxylic acids is 2. The van der Waals surface area contributed by atoms with E-state index in [-0.39, 0.29) is 34.9 Å². The van der Waals surface area contributed by atoms with Crippen molar-refractivity contribution in [2.75, 3.05) is 11.5 Å². The zero-order valence-corrected chi connectivity index (χ0v) is 35.8. The van der Waals surface area contributed by atoms with Gasteiger partial charge in [0.2, 0.25) is 0 Å². The van der Waals surface area contributed by atoms with Gasteiger partial charge in [0.1, 0.15) is 11.6 Å². The molecule has 0 N–H and O–H groups in total. The molecule has 4 unspecified atom stereocenters. The number of rotatable bonds is 10. The van der Waals surface area contributed by atoms with Gasteiger partial charge in [-0.2, -0.15) is 16.8 Å². The summed E-state index contributed by atoms with van der Waals surface area (Å²) < 4.78 is 69.4. The predicted molar refractivity (Wildman–Crippen MR) is 234 cm³/mol. The van der Waals surface area contributed by atoms with Crippen LogP contribution in [0.5, 0.6) is 11.5 Å². The summed E-state index contributed by atoms with van der Waals surface area (Å²) in [5, 5.41) is 4.55. The second kappa shape index (κ2) is 13.2. The van der Waals surface area contributed by atoms with E-state index in [4.69, 9.17) is 13.4 Å². The first kappa shape index (κ1) is 39.0. The lowest BCUT2D eigenvalue weighted by molar-refractivity contribution is -0.128. The highest BCUT2D eigenvalue weighted by atomic mass is 32.2. The van der Waals surface area contributed by atoms with Crippen LogP contribution in [0.25, 0.3) is 54.8 Å². The summed E-state index contributed by atoms with van der Waals surface area (Å²) in [4.78, 5) is 32.2. The van der Waals surface area contributed by atoms with Gasteiger partial charge in [-0.3, -0.25) is 9.59 Å². The topological polar surface area (TPSA) is 134 Å². The standard InChI is InChI=1S/C49H47NO8S2/c1-46(2)33-21-23-48(46,41(51)26-33)28-59(53,54)57-39-19-17-30-11-5-8-14-35(30)43(39)38-25-32-13-7-10-16-37(32)45(50-38)44-36-15-9-6-12-31(36)18-20-40(44)58-60(55,56)29-49-24-22-34(27-42(49)52)47(49,3)4/h5-20,25,33-34H,21-24,26-29H2,1-4H3. The molecule has 11 heteroatoms. The lowest BCUT2D eigenvalue weighted by Gasteiger charge is -2.35. The van der Waals surface area contributed by atoms with Crippen LogP contribution < -0.4 is 8.37 Å². The van der Waals surface area contributed by atoms with Crippen molar-refractivity contribution in [1.29, 1.82) is 0 Å². The Morgan fingerprint density at radius 2 is 1.00 bits per heavy atom. The van der Waals surface area contributed by atoms with Crippen LogP contribution in [0.3, 0.4) is 0 Å². The first-order valence-electron chi connectivity index (χ1n) is 20.8. The Balaban J connectivity index is 1.14. The molecule has 4 aliphatic rings. The average molecular weight is 842 g/mol. The van der Waals surface area contributed by atoms with Gasteiger partial charge in [0.25, 0.3) is 0 Å². The van der Waals surface area contributed by atoms with Gasteiger partial charge in [-0.05, 0) is 93.5 Å². The number of carbonyl (C=O) groups is 2. The van der Waals surface area contributed by atoms with Gasteiger partial charge in [0, 0.05) is 18.2 Å². The number of Topliss-reactive ketones (excluding diaryl/α,β-unsaturated/α-hetero) is 2. The summed E-state index contributed by atoms with van der Waals surface area (Å²) in [6, 6.07) is 31.6. The van der Waals surface area contributed by atoms with E-state index in [1.54, 1.807) is 12.1 Å². The molecule has 9 nitrogen and oxygen atoms in total. The maximum absolute atomic E-state index is 14.3. The summed E-state index contributed by atoms with van der Waals surface area (Å²) in [5.74, 6) is -0.438. The number of pyridine rings is 1. The molecule has 308 valence electrons. The summed E-state index contributed by atoms with van der Waals surface area (Å²) in [6.07, 6.45) is 3.38. The van der Waals surface area contributed by atoms with Crippen molar-refractivity contribution in [2.24, 2.45) is 33.5 Å². The van der Waals surface area contributed by atoms with Crippen molar-refractivity contribution in [3.05, 3.63) is 103 Å². The first-order valence-corrected chi connectivity index (χ1v) is 24.0. The number of hydrogen-bond donors (Lipinski definition) is 0. The van der Waals surface area contributed by atoms with Crippen molar-refractivity contribution in [1.82, 2.24) is 4.98 Å². The maximum Gasteiger partial charge on any atom is 0.310 e. The largest absolute Gasteiger partial charge is 0.382 e. The Bertz CT molecular complexity index is 3060. The molecule has 4 aliphatic carbocycles. The third-order valence-electron chi connectivity index (χ3n) is 15.6. The quantitative estimate of drug-likeness (QED) is 0.124. The SMILES string of the molecule is CC1(C)C2CCC1(CS(=O)(=O)Oc1ccc3ccccc3c1-c1cc3ccccc3c(-c3c(OS(=O)(=O)CC45CCC(CC4=O)C5(C)C)ccc4ccccc34)n1)C(=O)C2. The molecule has 10 rings (SSSR count). The van der Waals surface area contributed by atoms with E-state index in [2.05, 4.69) is 0 Å². The van der Waals surface area contributed by atoms with Crippen LogP contribution in [-0.4, -0.2) is 44.9 Å². The molecule has 4 saturated carbocycles. The number of nitrogens with zero attached hydrogens (tertiary/aromatic N) is 1. The second-order valence-electron chi connectivity index (χ2n) is 18.8. The first-order chi connectivity index (χ1) is 28.5. The van der Waals surface area contributed by atoms with Crippen LogP contribution in [0, 0.1) is 33.5 Å². The zero-order valence-electron chi connectivity index (χ0n) is 34.2. The van der Waals surface area contributed by atoms with Crippen molar-refractivity contribution in [3.8, 4) is 34.0 Å². The zero-order chi connectivity index (χ0) is 42.0.